The van der Waals surface area contributed by atoms with Gasteiger partial charge in [-0.2, -0.15) is 0 Å². The molecule has 1 aromatic carbocycles. The van der Waals surface area contributed by atoms with Gasteiger partial charge in [0.25, 0.3) is 0 Å². The SMILES string of the molecule is CCOC(=O)c1cn(Cc2nc(C)cs2)cc(Oc2ccccc2)c1=O. The van der Waals surface area contributed by atoms with E-state index < -0.39 is 11.4 Å². The van der Waals surface area contributed by atoms with Crippen LogP contribution in [-0.2, 0) is 11.3 Å². The lowest BCUT2D eigenvalue weighted by atomic mass is 10.2. The van der Waals surface area contributed by atoms with Crippen molar-refractivity contribution in [1.82, 2.24) is 9.55 Å². The Bertz CT molecular complexity index is 963. The molecule has 0 aliphatic carbocycles. The number of aromatic nitrogens is 2. The Balaban J connectivity index is 2.00. The predicted molar refractivity (Wildman–Crippen MR) is 99.1 cm³/mol. The van der Waals surface area contributed by atoms with Crippen LogP contribution in [0.4, 0.5) is 0 Å². The van der Waals surface area contributed by atoms with Crippen LogP contribution in [0.25, 0.3) is 0 Å². The number of carbonyl (C=O) groups is 1. The van der Waals surface area contributed by atoms with Crippen molar-refractivity contribution in [3.8, 4) is 11.5 Å². The molecule has 0 radical (unpaired) electrons. The van der Waals surface area contributed by atoms with Gasteiger partial charge in [0.05, 0.1) is 19.3 Å². The van der Waals surface area contributed by atoms with E-state index in [-0.39, 0.29) is 17.9 Å². The minimum atomic E-state index is -0.667. The maximum absolute atomic E-state index is 12.6. The normalized spacial score (nSPS) is 10.5. The van der Waals surface area contributed by atoms with Crippen molar-refractivity contribution in [1.29, 1.82) is 0 Å². The zero-order chi connectivity index (χ0) is 18.5. The molecule has 0 amide bonds. The van der Waals surface area contributed by atoms with Gasteiger partial charge in [0.2, 0.25) is 5.43 Å². The van der Waals surface area contributed by atoms with Gasteiger partial charge in [-0.25, -0.2) is 9.78 Å². The largest absolute Gasteiger partial charge is 0.462 e. The summed E-state index contributed by atoms with van der Waals surface area (Å²) in [5.74, 6) is -0.0858. The molecule has 0 fully saturated rings. The smallest absolute Gasteiger partial charge is 0.343 e. The molecule has 134 valence electrons. The molecule has 3 aromatic rings. The topological polar surface area (TPSA) is 70.4 Å². The first-order chi connectivity index (χ1) is 12.6. The van der Waals surface area contributed by atoms with Crippen LogP contribution in [0.5, 0.6) is 11.5 Å². The molecular formula is C19H18N2O4S. The summed E-state index contributed by atoms with van der Waals surface area (Å²) in [7, 11) is 0. The number of benzene rings is 1. The standard InChI is InChI=1S/C19H18N2O4S/c1-3-24-19(23)15-9-21(11-17-20-13(2)12-26-17)10-16(18(15)22)25-14-7-5-4-6-8-14/h4-10,12H,3,11H2,1-2H3. The number of aryl methyl sites for hydroxylation is 1. The summed E-state index contributed by atoms with van der Waals surface area (Å²) < 4.78 is 12.4. The maximum atomic E-state index is 12.6. The highest BCUT2D eigenvalue weighted by atomic mass is 32.1. The van der Waals surface area contributed by atoms with E-state index in [1.54, 1.807) is 42.0 Å². The molecule has 3 rings (SSSR count). The second-order valence-electron chi connectivity index (χ2n) is 5.56. The van der Waals surface area contributed by atoms with Gasteiger partial charge in [-0.05, 0) is 26.0 Å². The average Bonchev–Trinajstić information content (AvgIpc) is 3.03. The molecular weight excluding hydrogens is 352 g/mol. The second kappa shape index (κ2) is 7.97. The molecule has 0 N–H and O–H groups in total. The summed E-state index contributed by atoms with van der Waals surface area (Å²) in [5.41, 5.74) is 0.366. The Morgan fingerprint density at radius 3 is 2.65 bits per heavy atom. The first kappa shape index (κ1) is 17.9. The lowest BCUT2D eigenvalue weighted by Gasteiger charge is -2.11. The van der Waals surface area contributed by atoms with Gasteiger partial charge in [0.15, 0.2) is 5.75 Å². The Kier molecular flexibility index (Phi) is 5.48. The summed E-state index contributed by atoms with van der Waals surface area (Å²) in [6, 6.07) is 8.95. The van der Waals surface area contributed by atoms with E-state index in [1.165, 1.54) is 17.5 Å². The predicted octanol–water partition coefficient (Wildman–Crippen LogP) is 3.63. The van der Waals surface area contributed by atoms with Gasteiger partial charge in [-0.3, -0.25) is 4.79 Å². The molecule has 0 spiro atoms. The van der Waals surface area contributed by atoms with E-state index in [0.29, 0.717) is 12.3 Å². The zero-order valence-electron chi connectivity index (χ0n) is 14.5. The van der Waals surface area contributed by atoms with E-state index in [2.05, 4.69) is 4.98 Å². The summed E-state index contributed by atoms with van der Waals surface area (Å²) in [5, 5.41) is 2.82. The highest BCUT2D eigenvalue weighted by Gasteiger charge is 2.18. The number of hydrogen-bond acceptors (Lipinski definition) is 6. The van der Waals surface area contributed by atoms with Crippen molar-refractivity contribution in [3.05, 3.63) is 74.6 Å². The molecule has 2 aromatic heterocycles. The van der Waals surface area contributed by atoms with E-state index >= 15 is 0 Å². The van der Waals surface area contributed by atoms with Crippen LogP contribution in [0.15, 0.2) is 52.9 Å². The van der Waals surface area contributed by atoms with Gasteiger partial charge in [-0.1, -0.05) is 18.2 Å². The van der Waals surface area contributed by atoms with Crippen LogP contribution in [-0.4, -0.2) is 22.1 Å². The van der Waals surface area contributed by atoms with Crippen LogP contribution in [0.2, 0.25) is 0 Å². The first-order valence-corrected chi connectivity index (χ1v) is 9.00. The number of rotatable bonds is 6. The molecule has 0 saturated heterocycles. The fraction of sp³-hybridized carbons (Fsp3) is 0.211. The third-order valence-electron chi connectivity index (χ3n) is 3.50. The minimum absolute atomic E-state index is 0.0615. The average molecular weight is 370 g/mol. The molecule has 7 heteroatoms. The quantitative estimate of drug-likeness (QED) is 0.620. The Morgan fingerprint density at radius 2 is 2.00 bits per heavy atom. The van der Waals surface area contributed by atoms with Crippen LogP contribution in [0, 0.1) is 6.92 Å². The summed E-state index contributed by atoms with van der Waals surface area (Å²) in [4.78, 5) is 29.2. The lowest BCUT2D eigenvalue weighted by Crippen LogP contribution is -2.21. The van der Waals surface area contributed by atoms with Crippen molar-refractivity contribution in [3.63, 3.8) is 0 Å². The van der Waals surface area contributed by atoms with Crippen LogP contribution in [0.3, 0.4) is 0 Å². The fourth-order valence-corrected chi connectivity index (χ4v) is 3.15. The van der Waals surface area contributed by atoms with Gasteiger partial charge in [0.1, 0.15) is 16.3 Å². The van der Waals surface area contributed by atoms with E-state index in [9.17, 15) is 9.59 Å². The van der Waals surface area contributed by atoms with Gasteiger partial charge >= 0.3 is 5.97 Å². The zero-order valence-corrected chi connectivity index (χ0v) is 15.3. The molecule has 0 aliphatic rings. The Hall–Kier alpha value is -2.93. The second-order valence-corrected chi connectivity index (χ2v) is 6.50. The highest BCUT2D eigenvalue weighted by Crippen LogP contribution is 2.19. The number of carbonyl (C=O) groups excluding carboxylic acids is 1. The minimum Gasteiger partial charge on any atom is -0.462 e. The number of hydrogen-bond donors (Lipinski definition) is 0. The number of pyridine rings is 1. The molecule has 2 heterocycles. The lowest BCUT2D eigenvalue weighted by molar-refractivity contribution is 0.0523. The molecule has 26 heavy (non-hydrogen) atoms. The van der Waals surface area contributed by atoms with Crippen LogP contribution >= 0.6 is 11.3 Å². The number of nitrogens with zero attached hydrogens (tertiary/aromatic N) is 2. The summed E-state index contributed by atoms with van der Waals surface area (Å²) in [6.45, 7) is 4.22. The Morgan fingerprint density at radius 1 is 1.23 bits per heavy atom. The molecule has 0 saturated carbocycles. The van der Waals surface area contributed by atoms with Crippen LogP contribution < -0.4 is 10.2 Å². The summed E-state index contributed by atoms with van der Waals surface area (Å²) >= 11 is 1.52. The van der Waals surface area contributed by atoms with Crippen molar-refractivity contribution < 1.29 is 14.3 Å². The Labute approximate surface area is 154 Å². The third kappa shape index (κ3) is 4.18. The van der Waals surface area contributed by atoms with Crippen molar-refractivity contribution >= 4 is 17.3 Å². The number of para-hydroxylation sites is 1. The van der Waals surface area contributed by atoms with Crippen molar-refractivity contribution in [2.45, 2.75) is 20.4 Å². The highest BCUT2D eigenvalue weighted by molar-refractivity contribution is 7.09. The molecule has 0 unspecified atom stereocenters. The number of ether oxygens (including phenoxy) is 2. The summed E-state index contributed by atoms with van der Waals surface area (Å²) in [6.07, 6.45) is 3.06. The van der Waals surface area contributed by atoms with Crippen molar-refractivity contribution in [2.75, 3.05) is 6.61 Å². The van der Waals surface area contributed by atoms with Gasteiger partial charge in [0, 0.05) is 17.3 Å². The maximum Gasteiger partial charge on any atom is 0.343 e. The van der Waals surface area contributed by atoms with Gasteiger partial charge in [-0.15, -0.1) is 11.3 Å². The van der Waals surface area contributed by atoms with E-state index in [4.69, 9.17) is 9.47 Å². The molecule has 6 nitrogen and oxygen atoms in total. The monoisotopic (exact) mass is 370 g/mol. The van der Waals surface area contributed by atoms with E-state index in [0.717, 1.165) is 10.7 Å². The third-order valence-corrected chi connectivity index (χ3v) is 4.45. The first-order valence-electron chi connectivity index (χ1n) is 8.12. The van der Waals surface area contributed by atoms with E-state index in [1.807, 2.05) is 18.4 Å². The molecule has 0 bridgehead atoms. The van der Waals surface area contributed by atoms with Gasteiger partial charge < -0.3 is 14.0 Å². The number of thiazole rings is 1. The molecule has 0 atom stereocenters. The molecule has 0 aliphatic heterocycles. The van der Waals surface area contributed by atoms with Crippen LogP contribution in [0.1, 0.15) is 28.0 Å². The number of esters is 1. The van der Waals surface area contributed by atoms with Crippen molar-refractivity contribution in [2.24, 2.45) is 0 Å². The fourth-order valence-electron chi connectivity index (χ4n) is 2.37.